The lowest BCUT2D eigenvalue weighted by molar-refractivity contribution is -0.151. The Morgan fingerprint density at radius 2 is 1.89 bits per heavy atom. The van der Waals surface area contributed by atoms with Gasteiger partial charge < -0.3 is 15.0 Å². The minimum Gasteiger partial charge on any atom is -0.455 e. The molecule has 0 saturated carbocycles. The lowest BCUT2D eigenvalue weighted by Crippen LogP contribution is -2.28. The van der Waals surface area contributed by atoms with E-state index in [0.29, 0.717) is 5.69 Å². The Balaban J connectivity index is 1.53. The number of amides is 2. The fraction of sp³-hybridized carbons (Fsp3) is 0.286. The van der Waals surface area contributed by atoms with E-state index in [-0.39, 0.29) is 25.5 Å². The Morgan fingerprint density at radius 3 is 2.57 bits per heavy atom. The molecule has 146 valence electrons. The first-order valence-electron chi connectivity index (χ1n) is 8.93. The van der Waals surface area contributed by atoms with Crippen molar-refractivity contribution in [1.82, 2.24) is 0 Å². The van der Waals surface area contributed by atoms with Gasteiger partial charge in [0.1, 0.15) is 0 Å². The molecule has 2 aromatic carbocycles. The molecule has 1 atom stereocenters. The maximum atomic E-state index is 12.3. The molecule has 2 amide bonds. The molecule has 1 N–H and O–H groups in total. The van der Waals surface area contributed by atoms with Crippen molar-refractivity contribution in [2.45, 2.75) is 20.3 Å². The zero-order valence-corrected chi connectivity index (χ0v) is 17.3. The normalized spacial score (nSPS) is 16.2. The fourth-order valence-corrected chi connectivity index (χ4v) is 3.52. The molecule has 1 saturated heterocycles. The second-order valence-corrected chi connectivity index (χ2v) is 7.77. The van der Waals surface area contributed by atoms with Crippen molar-refractivity contribution < 1.29 is 19.1 Å². The Morgan fingerprint density at radius 1 is 1.18 bits per heavy atom. The largest absolute Gasteiger partial charge is 0.455 e. The summed E-state index contributed by atoms with van der Waals surface area (Å²) in [5, 5.41) is 2.72. The highest BCUT2D eigenvalue weighted by Gasteiger charge is 2.36. The number of hydrogen-bond acceptors (Lipinski definition) is 4. The van der Waals surface area contributed by atoms with Crippen molar-refractivity contribution >= 4 is 45.1 Å². The van der Waals surface area contributed by atoms with E-state index in [1.54, 1.807) is 11.0 Å². The van der Waals surface area contributed by atoms with Gasteiger partial charge in [-0.1, -0.05) is 33.6 Å². The van der Waals surface area contributed by atoms with Crippen molar-refractivity contribution in [1.29, 1.82) is 0 Å². The summed E-state index contributed by atoms with van der Waals surface area (Å²) in [5.41, 5.74) is 3.41. The van der Waals surface area contributed by atoms with Crippen molar-refractivity contribution in [3.8, 4) is 0 Å². The molecule has 6 nitrogen and oxygen atoms in total. The van der Waals surface area contributed by atoms with Crippen LogP contribution in [0.4, 0.5) is 11.4 Å². The first-order valence-corrected chi connectivity index (χ1v) is 9.72. The van der Waals surface area contributed by atoms with E-state index >= 15 is 0 Å². The highest BCUT2D eigenvalue weighted by molar-refractivity contribution is 9.10. The summed E-state index contributed by atoms with van der Waals surface area (Å²) in [4.78, 5) is 38.2. The summed E-state index contributed by atoms with van der Waals surface area (Å²) in [5.74, 6) is -1.65. The fourth-order valence-electron chi connectivity index (χ4n) is 3.05. The first kappa shape index (κ1) is 20.1. The highest BCUT2D eigenvalue weighted by atomic mass is 79.9. The summed E-state index contributed by atoms with van der Waals surface area (Å²) >= 11 is 3.37. The van der Waals surface area contributed by atoms with E-state index in [1.807, 2.05) is 50.2 Å². The monoisotopic (exact) mass is 444 g/mol. The van der Waals surface area contributed by atoms with Crippen LogP contribution in [-0.2, 0) is 19.1 Å². The van der Waals surface area contributed by atoms with Crippen LogP contribution in [0.15, 0.2) is 46.9 Å². The minimum absolute atomic E-state index is 0.0835. The molecule has 7 heteroatoms. The number of carbonyl (C=O) groups is 3. The van der Waals surface area contributed by atoms with Crippen molar-refractivity contribution in [2.24, 2.45) is 5.92 Å². The molecule has 0 aliphatic carbocycles. The number of rotatable bonds is 5. The number of hydrogen-bond donors (Lipinski definition) is 1. The smallest absolute Gasteiger partial charge is 0.311 e. The molecule has 0 unspecified atom stereocenters. The predicted molar refractivity (Wildman–Crippen MR) is 110 cm³/mol. The van der Waals surface area contributed by atoms with E-state index in [2.05, 4.69) is 21.2 Å². The number of aryl methyl sites for hydroxylation is 2. The number of halogens is 1. The average Bonchev–Trinajstić information content (AvgIpc) is 3.04. The van der Waals surface area contributed by atoms with Crippen LogP contribution in [0.5, 0.6) is 0 Å². The highest BCUT2D eigenvalue weighted by Crippen LogP contribution is 2.26. The Kier molecular flexibility index (Phi) is 6.14. The molecule has 0 radical (unpaired) electrons. The molecule has 2 aromatic rings. The number of esters is 1. The van der Waals surface area contributed by atoms with Gasteiger partial charge in [0.25, 0.3) is 5.91 Å². The predicted octanol–water partition coefficient (Wildman–Crippen LogP) is 3.60. The van der Waals surface area contributed by atoms with Crippen molar-refractivity contribution in [3.05, 3.63) is 58.1 Å². The standard InChI is InChI=1S/C21H21BrN2O4/c1-13-3-6-17(7-4-13)24-11-15(10-20(24)26)21(27)28-12-19(25)23-18-8-5-16(22)9-14(18)2/h3-9,15H,10-12H2,1-2H3,(H,23,25)/t15-/m1/s1. The topological polar surface area (TPSA) is 75.7 Å². The van der Waals surface area contributed by atoms with E-state index in [1.165, 1.54) is 0 Å². The maximum absolute atomic E-state index is 12.3. The first-order chi connectivity index (χ1) is 13.3. The third kappa shape index (κ3) is 4.78. The SMILES string of the molecule is Cc1ccc(N2C[C@H](C(=O)OCC(=O)Nc3ccc(Br)cc3C)CC2=O)cc1. The zero-order valence-electron chi connectivity index (χ0n) is 15.7. The van der Waals surface area contributed by atoms with Gasteiger partial charge in [0.15, 0.2) is 6.61 Å². The third-order valence-corrected chi connectivity index (χ3v) is 5.11. The number of nitrogens with zero attached hydrogens (tertiary/aromatic N) is 1. The molecular formula is C21H21BrN2O4. The zero-order chi connectivity index (χ0) is 20.3. The molecule has 1 heterocycles. The van der Waals surface area contributed by atoms with Crippen LogP contribution >= 0.6 is 15.9 Å². The molecule has 0 bridgehead atoms. The van der Waals surface area contributed by atoms with Crippen LogP contribution in [-0.4, -0.2) is 30.9 Å². The van der Waals surface area contributed by atoms with E-state index in [9.17, 15) is 14.4 Å². The van der Waals surface area contributed by atoms with Crippen molar-refractivity contribution in [3.63, 3.8) is 0 Å². The van der Waals surface area contributed by atoms with Gasteiger partial charge in [0.05, 0.1) is 5.92 Å². The number of ether oxygens (including phenoxy) is 1. The number of anilines is 2. The van der Waals surface area contributed by atoms with E-state index in [4.69, 9.17) is 4.74 Å². The molecule has 3 rings (SSSR count). The van der Waals surface area contributed by atoms with Crippen LogP contribution in [0, 0.1) is 19.8 Å². The Bertz CT molecular complexity index is 911. The quantitative estimate of drug-likeness (QED) is 0.714. The number of benzene rings is 2. The number of nitrogens with one attached hydrogen (secondary N) is 1. The lowest BCUT2D eigenvalue weighted by atomic mass is 10.1. The van der Waals surface area contributed by atoms with Gasteiger partial charge in [-0.2, -0.15) is 0 Å². The Hall–Kier alpha value is -2.67. The molecule has 0 spiro atoms. The van der Waals surface area contributed by atoms with Crippen LogP contribution < -0.4 is 10.2 Å². The second-order valence-electron chi connectivity index (χ2n) is 6.86. The number of carbonyl (C=O) groups excluding carboxylic acids is 3. The maximum Gasteiger partial charge on any atom is 0.311 e. The van der Waals surface area contributed by atoms with Gasteiger partial charge in [0, 0.05) is 28.8 Å². The van der Waals surface area contributed by atoms with Crippen LogP contribution in [0.3, 0.4) is 0 Å². The average molecular weight is 445 g/mol. The molecule has 0 aromatic heterocycles. The van der Waals surface area contributed by atoms with Crippen molar-refractivity contribution in [2.75, 3.05) is 23.4 Å². The third-order valence-electron chi connectivity index (χ3n) is 4.61. The molecular weight excluding hydrogens is 424 g/mol. The Labute approximate surface area is 172 Å². The summed E-state index contributed by atoms with van der Waals surface area (Å²) in [6.45, 7) is 3.71. The van der Waals surface area contributed by atoms with E-state index < -0.39 is 17.8 Å². The summed E-state index contributed by atoms with van der Waals surface area (Å²) in [6, 6.07) is 13.0. The lowest BCUT2D eigenvalue weighted by Gasteiger charge is -2.16. The van der Waals surface area contributed by atoms with Gasteiger partial charge in [-0.25, -0.2) is 0 Å². The second kappa shape index (κ2) is 8.56. The molecule has 1 aliphatic rings. The van der Waals surface area contributed by atoms with Crippen LogP contribution in [0.25, 0.3) is 0 Å². The molecule has 28 heavy (non-hydrogen) atoms. The van der Waals surface area contributed by atoms with Crippen LogP contribution in [0.2, 0.25) is 0 Å². The van der Waals surface area contributed by atoms with Gasteiger partial charge >= 0.3 is 5.97 Å². The summed E-state index contributed by atoms with van der Waals surface area (Å²) in [7, 11) is 0. The van der Waals surface area contributed by atoms with Gasteiger partial charge in [0.2, 0.25) is 5.91 Å². The molecule has 1 aliphatic heterocycles. The van der Waals surface area contributed by atoms with Gasteiger partial charge in [-0.05, 0) is 49.7 Å². The minimum atomic E-state index is -0.573. The van der Waals surface area contributed by atoms with E-state index in [0.717, 1.165) is 21.3 Å². The van der Waals surface area contributed by atoms with Gasteiger partial charge in [-0.3, -0.25) is 14.4 Å². The summed E-state index contributed by atoms with van der Waals surface area (Å²) in [6.07, 6.45) is 0.0835. The van der Waals surface area contributed by atoms with Crippen LogP contribution in [0.1, 0.15) is 17.5 Å². The molecule has 1 fully saturated rings. The summed E-state index contributed by atoms with van der Waals surface area (Å²) < 4.78 is 6.05. The van der Waals surface area contributed by atoms with Gasteiger partial charge in [-0.15, -0.1) is 0 Å².